The Bertz CT molecular complexity index is 241. The predicted molar refractivity (Wildman–Crippen MR) is 106 cm³/mol. The monoisotopic (exact) mass is 584 g/mol. The smallest absolute Gasteiger partial charge is 0 e. The largest absolute Gasteiger partial charge is 0.328 e. The second kappa shape index (κ2) is 21.6. The van der Waals surface area contributed by atoms with Crippen molar-refractivity contribution in [2.24, 2.45) is 23.7 Å². The molecule has 26 heavy (non-hydrogen) atoms. The molecule has 0 N–H and O–H groups in total. The molecule has 0 bridgehead atoms. The molecule has 0 aromatic heterocycles. The van der Waals surface area contributed by atoms with Gasteiger partial charge in [0.25, 0.3) is 0 Å². The molecule has 6 radical (unpaired) electrons. The Kier molecular flexibility index (Phi) is 30.5. The first-order valence-corrected chi connectivity index (χ1v) is 9.53. The van der Waals surface area contributed by atoms with Crippen LogP contribution in [-0.4, -0.2) is 8.41 Å². The summed E-state index contributed by atoms with van der Waals surface area (Å²) in [6.45, 7) is 0. The van der Waals surface area contributed by atoms with E-state index >= 15 is 0 Å². The van der Waals surface area contributed by atoms with Crippen LogP contribution in [0.15, 0.2) is 0 Å². The summed E-state index contributed by atoms with van der Waals surface area (Å²) in [6, 6.07) is 0. The van der Waals surface area contributed by atoms with E-state index in [4.69, 9.17) is 0 Å². The minimum atomic E-state index is 0. The summed E-state index contributed by atoms with van der Waals surface area (Å²) in [6.07, 6.45) is 26.0. The molecule has 3 saturated carbocycles. The molecule has 4 heteroatoms. The molecule has 3 aliphatic rings. The molecule has 0 aromatic carbocycles. The van der Waals surface area contributed by atoms with Gasteiger partial charge in [-0.15, -0.1) is 0 Å². The second-order valence-corrected chi connectivity index (χ2v) is 7.98. The molecule has 0 saturated heterocycles. The second-order valence-electron chi connectivity index (χ2n) is 7.98. The molecule has 0 atom stereocenters. The van der Waals surface area contributed by atoms with E-state index in [1.807, 2.05) is 0 Å². The van der Waals surface area contributed by atoms with Crippen molar-refractivity contribution in [1.29, 1.82) is 0 Å². The van der Waals surface area contributed by atoms with Gasteiger partial charge in [-0.2, -0.15) is 25.7 Å². The standard InChI is InChI=1S/C20H34.2CH4.B.3Y/c1-3-7-17(8-4-1)15-19-11-13-20(14-12-19)16-18-9-5-2-6-10-18;;;;;;/h1-2,17-20H,3-16H2;2*1H4;;;;/q-2;;;;;;. The van der Waals surface area contributed by atoms with Crippen LogP contribution in [0, 0.1) is 36.5 Å². The first-order valence-electron chi connectivity index (χ1n) is 9.53. The summed E-state index contributed by atoms with van der Waals surface area (Å²) >= 11 is 0. The average Bonchev–Trinajstić information content (AvgIpc) is 2.51. The summed E-state index contributed by atoms with van der Waals surface area (Å²) in [7, 11) is 0. The van der Waals surface area contributed by atoms with Crippen molar-refractivity contribution < 1.29 is 98.1 Å². The molecule has 0 amide bonds. The van der Waals surface area contributed by atoms with Gasteiger partial charge in [-0.3, -0.25) is 0 Å². The van der Waals surface area contributed by atoms with E-state index in [1.165, 1.54) is 51.4 Å². The van der Waals surface area contributed by atoms with E-state index in [1.54, 1.807) is 38.5 Å². The molecule has 3 aliphatic carbocycles. The molecule has 144 valence electrons. The molecular formula is C22H42BY3-2. The zero-order chi connectivity index (χ0) is 13.6. The fraction of sp³-hybridized carbons (Fsp3) is 0.909. The molecule has 0 heterocycles. The van der Waals surface area contributed by atoms with Crippen molar-refractivity contribution in [2.45, 2.75) is 105 Å². The molecule has 0 aromatic rings. The van der Waals surface area contributed by atoms with E-state index in [0.29, 0.717) is 0 Å². The van der Waals surface area contributed by atoms with Crippen LogP contribution in [0.25, 0.3) is 0 Å². The van der Waals surface area contributed by atoms with Crippen LogP contribution in [0.4, 0.5) is 0 Å². The molecule has 0 aliphatic heterocycles. The maximum atomic E-state index is 2.51. The Labute approximate surface area is 244 Å². The van der Waals surface area contributed by atoms with Gasteiger partial charge in [0.05, 0.1) is 0 Å². The fourth-order valence-electron chi connectivity index (χ4n) is 5.11. The van der Waals surface area contributed by atoms with E-state index in [-0.39, 0.29) is 121 Å². The molecule has 0 unspecified atom stereocenters. The normalized spacial score (nSPS) is 26.3. The third-order valence-corrected chi connectivity index (χ3v) is 6.42. The van der Waals surface area contributed by atoms with Gasteiger partial charge in [-0.1, -0.05) is 66.2 Å². The Balaban J connectivity index is -0.000000403. The molecule has 3 rings (SSSR count). The van der Waals surface area contributed by atoms with E-state index in [9.17, 15) is 0 Å². The third kappa shape index (κ3) is 13.6. The number of hydrogen-bond acceptors (Lipinski definition) is 0. The van der Waals surface area contributed by atoms with Gasteiger partial charge >= 0.3 is 0 Å². The summed E-state index contributed by atoms with van der Waals surface area (Å²) in [5, 5.41) is 0. The third-order valence-electron chi connectivity index (χ3n) is 6.42. The van der Waals surface area contributed by atoms with E-state index in [2.05, 4.69) is 12.8 Å². The topological polar surface area (TPSA) is 0 Å². The molecule has 3 fully saturated rings. The SMILES string of the molecule is C.C.[B].[CH-]1CCC(CC2CCC(CC3CC[CH-]CC3)CC2)CC1.[Y].[Y].[Y]. The quantitative estimate of drug-likeness (QED) is 0.242. The predicted octanol–water partition coefficient (Wildman–Crippen LogP) is 7.25. The van der Waals surface area contributed by atoms with Gasteiger partial charge in [-0.05, 0) is 36.5 Å². The van der Waals surface area contributed by atoms with Crippen molar-refractivity contribution in [2.75, 3.05) is 0 Å². The molecular weight excluding hydrogens is 542 g/mol. The summed E-state index contributed by atoms with van der Waals surface area (Å²) in [5.74, 6) is 4.34. The van der Waals surface area contributed by atoms with Crippen LogP contribution in [0.2, 0.25) is 0 Å². The maximum Gasteiger partial charge on any atom is 0 e. The minimum absolute atomic E-state index is 0. The first-order chi connectivity index (χ1) is 9.90. The summed E-state index contributed by atoms with van der Waals surface area (Å²) in [4.78, 5) is 0. The van der Waals surface area contributed by atoms with E-state index < -0.39 is 0 Å². The van der Waals surface area contributed by atoms with Crippen LogP contribution < -0.4 is 0 Å². The van der Waals surface area contributed by atoms with Gasteiger partial charge in [0.2, 0.25) is 0 Å². The number of hydrogen-bond donors (Lipinski definition) is 0. The van der Waals surface area contributed by atoms with Gasteiger partial charge in [0, 0.05) is 107 Å². The van der Waals surface area contributed by atoms with Crippen molar-refractivity contribution >= 4 is 8.41 Å². The zero-order valence-electron chi connectivity index (χ0n) is 15.7. The minimum Gasteiger partial charge on any atom is -0.328 e. The first kappa shape index (κ1) is 36.7. The van der Waals surface area contributed by atoms with Gasteiger partial charge < -0.3 is 12.8 Å². The van der Waals surface area contributed by atoms with Crippen molar-refractivity contribution in [3.63, 3.8) is 0 Å². The van der Waals surface area contributed by atoms with Gasteiger partial charge in [-0.25, -0.2) is 0 Å². The van der Waals surface area contributed by atoms with Gasteiger partial charge in [0.15, 0.2) is 0 Å². The van der Waals surface area contributed by atoms with Crippen LogP contribution in [0.5, 0.6) is 0 Å². The van der Waals surface area contributed by atoms with E-state index in [0.717, 1.165) is 23.7 Å². The van der Waals surface area contributed by atoms with Crippen molar-refractivity contribution in [3.8, 4) is 0 Å². The maximum absolute atomic E-state index is 2.51. The summed E-state index contributed by atoms with van der Waals surface area (Å²) in [5.41, 5.74) is 0. The molecule has 0 nitrogen and oxygen atoms in total. The van der Waals surface area contributed by atoms with Crippen LogP contribution in [0.3, 0.4) is 0 Å². The number of rotatable bonds is 4. The van der Waals surface area contributed by atoms with Crippen LogP contribution in [0.1, 0.15) is 105 Å². The Morgan fingerprint density at radius 3 is 0.962 bits per heavy atom. The van der Waals surface area contributed by atoms with Crippen LogP contribution >= 0.6 is 0 Å². The van der Waals surface area contributed by atoms with Gasteiger partial charge in [0.1, 0.15) is 0 Å². The average molecular weight is 584 g/mol. The van der Waals surface area contributed by atoms with Crippen LogP contribution in [-0.2, 0) is 98.1 Å². The zero-order valence-corrected chi connectivity index (χ0v) is 24.2. The Hall–Kier alpha value is 3.38. The van der Waals surface area contributed by atoms with Crippen molar-refractivity contribution in [3.05, 3.63) is 12.8 Å². The molecule has 0 spiro atoms. The Morgan fingerprint density at radius 2 is 0.692 bits per heavy atom. The summed E-state index contributed by atoms with van der Waals surface area (Å²) < 4.78 is 0. The fourth-order valence-corrected chi connectivity index (χ4v) is 5.11. The van der Waals surface area contributed by atoms with Crippen molar-refractivity contribution in [1.82, 2.24) is 0 Å². The Morgan fingerprint density at radius 1 is 0.462 bits per heavy atom.